The van der Waals surface area contributed by atoms with Gasteiger partial charge < -0.3 is 10.5 Å². The number of hydrogen-bond acceptors (Lipinski definition) is 2. The summed E-state index contributed by atoms with van der Waals surface area (Å²) in [6.07, 6.45) is 0. The molecule has 0 amide bonds. The maximum Gasteiger partial charge on any atom is 0.191 e. The summed E-state index contributed by atoms with van der Waals surface area (Å²) in [7, 11) is 0. The maximum absolute atomic E-state index is 13.6. The van der Waals surface area contributed by atoms with Gasteiger partial charge in [-0.25, -0.2) is 17.6 Å². The highest BCUT2D eigenvalue weighted by atomic mass is 19.1. The van der Waals surface area contributed by atoms with E-state index in [2.05, 4.69) is 0 Å². The SMILES string of the molecule is NCc1cc(F)c(OCc2cc(F)ccc2F)c(F)c1. The fourth-order valence-corrected chi connectivity index (χ4v) is 1.67. The first kappa shape index (κ1) is 14.3. The van der Waals surface area contributed by atoms with E-state index in [1.54, 1.807) is 0 Å². The zero-order valence-electron chi connectivity index (χ0n) is 10.3. The molecule has 0 spiro atoms. The van der Waals surface area contributed by atoms with Crippen molar-refractivity contribution in [3.8, 4) is 5.75 Å². The number of halogens is 4. The second-order valence-corrected chi connectivity index (χ2v) is 4.12. The third-order valence-electron chi connectivity index (χ3n) is 2.67. The Labute approximate surface area is 112 Å². The average molecular weight is 285 g/mol. The first-order chi connectivity index (χ1) is 9.51. The van der Waals surface area contributed by atoms with E-state index in [1.165, 1.54) is 0 Å². The van der Waals surface area contributed by atoms with Gasteiger partial charge in [0.25, 0.3) is 0 Å². The minimum Gasteiger partial charge on any atom is -0.483 e. The van der Waals surface area contributed by atoms with Gasteiger partial charge in [0.05, 0.1) is 0 Å². The van der Waals surface area contributed by atoms with Gasteiger partial charge in [0.1, 0.15) is 18.2 Å². The molecule has 0 saturated heterocycles. The lowest BCUT2D eigenvalue weighted by molar-refractivity contribution is 0.268. The van der Waals surface area contributed by atoms with Gasteiger partial charge >= 0.3 is 0 Å². The highest BCUT2D eigenvalue weighted by Gasteiger charge is 2.13. The van der Waals surface area contributed by atoms with Crippen LogP contribution in [0, 0.1) is 23.3 Å². The number of benzene rings is 2. The lowest BCUT2D eigenvalue weighted by Crippen LogP contribution is -2.04. The third kappa shape index (κ3) is 3.08. The predicted octanol–water partition coefficient (Wildman–Crippen LogP) is 3.28. The fraction of sp³-hybridized carbons (Fsp3) is 0.143. The van der Waals surface area contributed by atoms with Crippen LogP contribution in [-0.4, -0.2) is 0 Å². The van der Waals surface area contributed by atoms with Crippen LogP contribution in [0.5, 0.6) is 5.75 Å². The normalized spacial score (nSPS) is 10.7. The van der Waals surface area contributed by atoms with Crippen LogP contribution >= 0.6 is 0 Å². The predicted molar refractivity (Wildman–Crippen MR) is 64.9 cm³/mol. The topological polar surface area (TPSA) is 35.2 Å². The summed E-state index contributed by atoms with van der Waals surface area (Å²) in [5.74, 6) is -3.91. The second-order valence-electron chi connectivity index (χ2n) is 4.12. The molecule has 0 aliphatic carbocycles. The third-order valence-corrected chi connectivity index (χ3v) is 2.67. The average Bonchev–Trinajstić information content (AvgIpc) is 2.41. The Morgan fingerprint density at radius 1 is 0.900 bits per heavy atom. The number of hydrogen-bond donors (Lipinski definition) is 1. The zero-order chi connectivity index (χ0) is 14.7. The molecule has 2 aromatic carbocycles. The monoisotopic (exact) mass is 285 g/mol. The minimum absolute atomic E-state index is 0.0212. The Hall–Kier alpha value is -2.08. The Bertz CT molecular complexity index is 608. The zero-order valence-corrected chi connectivity index (χ0v) is 10.3. The Morgan fingerprint density at radius 2 is 1.55 bits per heavy atom. The van der Waals surface area contributed by atoms with Crippen molar-refractivity contribution in [1.29, 1.82) is 0 Å². The van der Waals surface area contributed by atoms with Crippen molar-refractivity contribution in [2.24, 2.45) is 5.73 Å². The van der Waals surface area contributed by atoms with E-state index in [-0.39, 0.29) is 17.7 Å². The Kier molecular flexibility index (Phi) is 4.24. The molecular weight excluding hydrogens is 274 g/mol. The molecule has 0 heterocycles. The van der Waals surface area contributed by atoms with Crippen LogP contribution in [0.1, 0.15) is 11.1 Å². The number of rotatable bonds is 4. The van der Waals surface area contributed by atoms with Crippen LogP contribution in [0.2, 0.25) is 0 Å². The molecule has 6 heteroatoms. The summed E-state index contributed by atoms with van der Waals surface area (Å²) >= 11 is 0. The van der Waals surface area contributed by atoms with Gasteiger partial charge in [-0.3, -0.25) is 0 Å². The molecule has 0 saturated carbocycles. The Morgan fingerprint density at radius 3 is 2.15 bits per heavy atom. The Balaban J connectivity index is 2.21. The quantitative estimate of drug-likeness (QED) is 0.875. The van der Waals surface area contributed by atoms with Crippen molar-refractivity contribution in [3.05, 3.63) is 64.7 Å². The minimum atomic E-state index is -0.942. The van der Waals surface area contributed by atoms with Crippen LogP contribution in [0.25, 0.3) is 0 Å². The summed E-state index contributed by atoms with van der Waals surface area (Å²) in [6.45, 7) is -0.508. The summed E-state index contributed by atoms with van der Waals surface area (Å²) < 4.78 is 58.4. The van der Waals surface area contributed by atoms with Crippen molar-refractivity contribution in [2.75, 3.05) is 0 Å². The molecule has 0 unspecified atom stereocenters. The van der Waals surface area contributed by atoms with Crippen LogP contribution < -0.4 is 10.5 Å². The highest BCUT2D eigenvalue weighted by Crippen LogP contribution is 2.24. The molecule has 0 aromatic heterocycles. The molecule has 2 nitrogen and oxygen atoms in total. The molecule has 106 valence electrons. The van der Waals surface area contributed by atoms with E-state index in [1.807, 2.05) is 0 Å². The molecule has 0 atom stereocenters. The maximum atomic E-state index is 13.6. The van der Waals surface area contributed by atoms with Crippen molar-refractivity contribution < 1.29 is 22.3 Å². The second kappa shape index (κ2) is 5.92. The van der Waals surface area contributed by atoms with E-state index >= 15 is 0 Å². The number of nitrogens with two attached hydrogens (primary N) is 1. The smallest absolute Gasteiger partial charge is 0.191 e. The molecule has 2 rings (SSSR count). The molecule has 20 heavy (non-hydrogen) atoms. The number of ether oxygens (including phenoxy) is 1. The summed E-state index contributed by atoms with van der Waals surface area (Å²) in [5, 5.41) is 0. The van der Waals surface area contributed by atoms with Gasteiger partial charge in [-0.15, -0.1) is 0 Å². The van der Waals surface area contributed by atoms with E-state index in [4.69, 9.17) is 10.5 Å². The summed E-state index contributed by atoms with van der Waals surface area (Å²) in [4.78, 5) is 0. The van der Waals surface area contributed by atoms with Gasteiger partial charge in [-0.2, -0.15) is 0 Å². The van der Waals surface area contributed by atoms with E-state index in [0.717, 1.165) is 30.3 Å². The van der Waals surface area contributed by atoms with Crippen molar-refractivity contribution in [1.82, 2.24) is 0 Å². The van der Waals surface area contributed by atoms with Crippen molar-refractivity contribution in [2.45, 2.75) is 13.2 Å². The van der Waals surface area contributed by atoms with Crippen molar-refractivity contribution >= 4 is 0 Å². The lowest BCUT2D eigenvalue weighted by atomic mass is 10.2. The van der Waals surface area contributed by atoms with Gasteiger partial charge in [0.2, 0.25) is 0 Å². The fourth-order valence-electron chi connectivity index (χ4n) is 1.67. The molecule has 0 aliphatic rings. The first-order valence-corrected chi connectivity index (χ1v) is 5.76. The van der Waals surface area contributed by atoms with Crippen LogP contribution in [0.15, 0.2) is 30.3 Å². The molecule has 0 radical (unpaired) electrons. The summed E-state index contributed by atoms with van der Waals surface area (Å²) in [6, 6.07) is 4.81. The van der Waals surface area contributed by atoms with Gasteiger partial charge in [-0.05, 0) is 35.9 Å². The molecule has 0 fully saturated rings. The van der Waals surface area contributed by atoms with Gasteiger partial charge in [-0.1, -0.05) is 0 Å². The molecular formula is C14H11F4NO. The largest absolute Gasteiger partial charge is 0.483 e. The molecule has 0 aliphatic heterocycles. The summed E-state index contributed by atoms with van der Waals surface area (Å²) in [5.41, 5.74) is 5.41. The lowest BCUT2D eigenvalue weighted by Gasteiger charge is -2.10. The van der Waals surface area contributed by atoms with Gasteiger partial charge in [0, 0.05) is 12.1 Å². The standard InChI is InChI=1S/C14H11F4NO/c15-10-1-2-11(16)9(5-10)7-20-14-12(17)3-8(6-19)4-13(14)18/h1-5H,6-7,19H2. The van der Waals surface area contributed by atoms with Crippen LogP contribution in [0.3, 0.4) is 0 Å². The highest BCUT2D eigenvalue weighted by molar-refractivity contribution is 5.31. The van der Waals surface area contributed by atoms with E-state index in [9.17, 15) is 17.6 Å². The molecule has 2 aromatic rings. The first-order valence-electron chi connectivity index (χ1n) is 5.76. The van der Waals surface area contributed by atoms with Gasteiger partial charge in [0.15, 0.2) is 17.4 Å². The van der Waals surface area contributed by atoms with Crippen LogP contribution in [0.4, 0.5) is 17.6 Å². The van der Waals surface area contributed by atoms with E-state index < -0.39 is 35.6 Å². The molecule has 2 N–H and O–H groups in total. The van der Waals surface area contributed by atoms with Crippen LogP contribution in [-0.2, 0) is 13.2 Å². The van der Waals surface area contributed by atoms with Crippen molar-refractivity contribution in [3.63, 3.8) is 0 Å². The van der Waals surface area contributed by atoms with E-state index in [0.29, 0.717) is 0 Å². The molecule has 0 bridgehead atoms.